The van der Waals surface area contributed by atoms with Gasteiger partial charge in [-0.25, -0.2) is 0 Å². The Labute approximate surface area is 134 Å². The fourth-order valence-electron chi connectivity index (χ4n) is 2.62. The Morgan fingerprint density at radius 2 is 1.45 bits per heavy atom. The molecule has 116 valence electrons. The van der Waals surface area contributed by atoms with Crippen molar-refractivity contribution < 1.29 is 18.9 Å². The molecule has 0 unspecified atom stereocenters. The van der Waals surface area contributed by atoms with E-state index in [-0.39, 0.29) is 0 Å². The van der Waals surface area contributed by atoms with Crippen molar-refractivity contribution in [2.45, 2.75) is 5.79 Å². The van der Waals surface area contributed by atoms with E-state index < -0.39 is 5.79 Å². The number of rotatable bonds is 4. The zero-order valence-electron chi connectivity index (χ0n) is 12.5. The normalized spacial score (nSPS) is 16.5. The summed E-state index contributed by atoms with van der Waals surface area (Å²) in [6.07, 6.45) is 0. The van der Waals surface area contributed by atoms with Crippen LogP contribution in [0.25, 0.3) is 0 Å². The smallest absolute Gasteiger partial charge is 0.222 e. The lowest BCUT2D eigenvalue weighted by atomic mass is 9.97. The molecule has 1 aliphatic heterocycles. The van der Waals surface area contributed by atoms with Gasteiger partial charge in [0.15, 0.2) is 11.5 Å². The van der Waals surface area contributed by atoms with E-state index >= 15 is 0 Å². The largest absolute Gasteiger partial charge is 0.493 e. The molecule has 2 aromatic rings. The van der Waals surface area contributed by atoms with Gasteiger partial charge in [-0.1, -0.05) is 23.7 Å². The maximum Gasteiger partial charge on any atom is 0.222 e. The Morgan fingerprint density at radius 3 is 2.05 bits per heavy atom. The lowest BCUT2D eigenvalue weighted by Gasteiger charge is -2.29. The highest BCUT2D eigenvalue weighted by Gasteiger charge is 2.41. The van der Waals surface area contributed by atoms with E-state index in [1.807, 2.05) is 42.5 Å². The number of hydrogen-bond acceptors (Lipinski definition) is 4. The molecule has 1 aliphatic rings. The molecule has 0 saturated carbocycles. The summed E-state index contributed by atoms with van der Waals surface area (Å²) in [5.74, 6) is 0.354. The van der Waals surface area contributed by atoms with E-state index in [2.05, 4.69) is 0 Å². The molecule has 5 heteroatoms. The molecule has 3 rings (SSSR count). The fourth-order valence-corrected chi connectivity index (χ4v) is 2.75. The van der Waals surface area contributed by atoms with Gasteiger partial charge in [-0.05, 0) is 30.3 Å². The minimum atomic E-state index is -0.940. The molecule has 0 radical (unpaired) electrons. The fraction of sp³-hybridized carbons (Fsp3) is 0.294. The van der Waals surface area contributed by atoms with Gasteiger partial charge < -0.3 is 18.9 Å². The molecular formula is C17H17ClO4. The lowest BCUT2D eigenvalue weighted by Crippen LogP contribution is -2.28. The van der Waals surface area contributed by atoms with Gasteiger partial charge in [0.05, 0.1) is 27.4 Å². The molecule has 1 heterocycles. The molecule has 0 amide bonds. The third-order valence-electron chi connectivity index (χ3n) is 3.68. The molecule has 0 aromatic heterocycles. The van der Waals surface area contributed by atoms with Crippen molar-refractivity contribution in [1.29, 1.82) is 0 Å². The molecular weight excluding hydrogens is 304 g/mol. The van der Waals surface area contributed by atoms with E-state index in [1.165, 1.54) is 0 Å². The van der Waals surface area contributed by atoms with Gasteiger partial charge in [-0.15, -0.1) is 0 Å². The second kappa shape index (κ2) is 6.16. The molecule has 0 bridgehead atoms. The van der Waals surface area contributed by atoms with Crippen molar-refractivity contribution in [3.8, 4) is 11.5 Å². The molecule has 4 nitrogen and oxygen atoms in total. The first kappa shape index (κ1) is 15.2. The minimum Gasteiger partial charge on any atom is -0.493 e. The van der Waals surface area contributed by atoms with Crippen molar-refractivity contribution in [3.63, 3.8) is 0 Å². The van der Waals surface area contributed by atoms with Crippen LogP contribution in [0.5, 0.6) is 11.5 Å². The summed E-state index contributed by atoms with van der Waals surface area (Å²) in [4.78, 5) is 0. The topological polar surface area (TPSA) is 36.9 Å². The Morgan fingerprint density at radius 1 is 0.864 bits per heavy atom. The molecule has 2 aromatic carbocycles. The summed E-state index contributed by atoms with van der Waals surface area (Å²) in [6, 6.07) is 13.1. The van der Waals surface area contributed by atoms with E-state index in [4.69, 9.17) is 30.5 Å². The van der Waals surface area contributed by atoms with Crippen LogP contribution in [0, 0.1) is 0 Å². The summed E-state index contributed by atoms with van der Waals surface area (Å²) in [5, 5.41) is 0.671. The molecule has 22 heavy (non-hydrogen) atoms. The third kappa shape index (κ3) is 2.54. The summed E-state index contributed by atoms with van der Waals surface area (Å²) in [7, 11) is 3.21. The average Bonchev–Trinajstić information content (AvgIpc) is 3.05. The van der Waals surface area contributed by atoms with Gasteiger partial charge >= 0.3 is 0 Å². The Balaban J connectivity index is 2.10. The summed E-state index contributed by atoms with van der Waals surface area (Å²) in [6.45, 7) is 1.05. The summed E-state index contributed by atoms with van der Waals surface area (Å²) < 4.78 is 22.6. The summed E-state index contributed by atoms with van der Waals surface area (Å²) in [5.41, 5.74) is 1.74. The molecule has 0 aliphatic carbocycles. The van der Waals surface area contributed by atoms with Crippen molar-refractivity contribution in [1.82, 2.24) is 0 Å². The highest BCUT2D eigenvalue weighted by atomic mass is 35.5. The van der Waals surface area contributed by atoms with Gasteiger partial charge in [0.2, 0.25) is 5.79 Å². The first-order valence-electron chi connectivity index (χ1n) is 6.96. The van der Waals surface area contributed by atoms with Gasteiger partial charge in [-0.2, -0.15) is 0 Å². The van der Waals surface area contributed by atoms with Crippen molar-refractivity contribution >= 4 is 11.6 Å². The maximum absolute atomic E-state index is 5.98. The highest BCUT2D eigenvalue weighted by Crippen LogP contribution is 2.41. The van der Waals surface area contributed by atoms with Gasteiger partial charge in [0, 0.05) is 16.1 Å². The van der Waals surface area contributed by atoms with Crippen LogP contribution in [-0.4, -0.2) is 27.4 Å². The molecule has 0 atom stereocenters. The zero-order valence-corrected chi connectivity index (χ0v) is 13.2. The standard InChI is InChI=1S/C17H17ClO4/c1-19-15-8-5-13(11-16(15)20-2)17(21-9-10-22-17)12-3-6-14(18)7-4-12/h3-8,11H,9-10H2,1-2H3. The predicted molar refractivity (Wildman–Crippen MR) is 83.7 cm³/mol. The number of halogens is 1. The number of benzene rings is 2. The average molecular weight is 321 g/mol. The van der Waals surface area contributed by atoms with E-state index in [1.54, 1.807) is 14.2 Å². The highest BCUT2D eigenvalue weighted by molar-refractivity contribution is 6.30. The first-order chi connectivity index (χ1) is 10.7. The Hall–Kier alpha value is -1.75. The monoisotopic (exact) mass is 320 g/mol. The van der Waals surface area contributed by atoms with Gasteiger partial charge in [-0.3, -0.25) is 0 Å². The SMILES string of the molecule is COc1ccc(C2(c3ccc(Cl)cc3)OCCO2)cc1OC. The number of hydrogen-bond donors (Lipinski definition) is 0. The van der Waals surface area contributed by atoms with Crippen LogP contribution in [0.2, 0.25) is 5.02 Å². The second-order valence-electron chi connectivity index (χ2n) is 4.89. The predicted octanol–water partition coefficient (Wildman–Crippen LogP) is 3.61. The van der Waals surface area contributed by atoms with Crippen molar-refractivity contribution in [2.24, 2.45) is 0 Å². The van der Waals surface area contributed by atoms with E-state index in [0.717, 1.165) is 11.1 Å². The van der Waals surface area contributed by atoms with E-state index in [0.29, 0.717) is 29.7 Å². The number of methoxy groups -OCH3 is 2. The summed E-state index contributed by atoms with van der Waals surface area (Å²) >= 11 is 5.98. The molecule has 1 fully saturated rings. The van der Waals surface area contributed by atoms with Gasteiger partial charge in [0.25, 0.3) is 0 Å². The molecule has 0 spiro atoms. The maximum atomic E-state index is 5.98. The van der Waals surface area contributed by atoms with Crippen molar-refractivity contribution in [3.05, 3.63) is 58.6 Å². The number of ether oxygens (including phenoxy) is 4. The van der Waals surface area contributed by atoms with Crippen LogP contribution in [0.3, 0.4) is 0 Å². The third-order valence-corrected chi connectivity index (χ3v) is 3.93. The van der Waals surface area contributed by atoms with Gasteiger partial charge in [0.1, 0.15) is 0 Å². The van der Waals surface area contributed by atoms with Crippen LogP contribution in [0.15, 0.2) is 42.5 Å². The Bertz CT molecular complexity index is 648. The van der Waals surface area contributed by atoms with Crippen LogP contribution >= 0.6 is 11.6 Å². The first-order valence-corrected chi connectivity index (χ1v) is 7.34. The van der Waals surface area contributed by atoms with Crippen LogP contribution in [0.4, 0.5) is 0 Å². The molecule has 0 N–H and O–H groups in total. The van der Waals surface area contributed by atoms with Crippen LogP contribution in [-0.2, 0) is 15.3 Å². The lowest BCUT2D eigenvalue weighted by molar-refractivity contribution is -0.130. The van der Waals surface area contributed by atoms with E-state index in [9.17, 15) is 0 Å². The Kier molecular flexibility index (Phi) is 4.25. The zero-order chi connectivity index (χ0) is 15.6. The van der Waals surface area contributed by atoms with Crippen molar-refractivity contribution in [2.75, 3.05) is 27.4 Å². The van der Waals surface area contributed by atoms with Crippen LogP contribution in [0.1, 0.15) is 11.1 Å². The minimum absolute atomic E-state index is 0.525. The molecule has 1 saturated heterocycles. The van der Waals surface area contributed by atoms with Crippen LogP contribution < -0.4 is 9.47 Å². The second-order valence-corrected chi connectivity index (χ2v) is 5.33. The quantitative estimate of drug-likeness (QED) is 0.862.